The van der Waals surface area contributed by atoms with Gasteiger partial charge in [-0.05, 0) is 6.92 Å². The number of rotatable bonds is 5. The molecule has 1 unspecified atom stereocenters. The number of aliphatic carboxylic acids is 1. The molecule has 0 saturated carbocycles. The average molecular weight is 217 g/mol. The van der Waals surface area contributed by atoms with E-state index in [1.807, 2.05) is 0 Å². The Balaban J connectivity index is 3.64. The minimum atomic E-state index is -0.985. The maximum absolute atomic E-state index is 11.0. The average Bonchev–Trinajstić information content (AvgIpc) is 2.17. The van der Waals surface area contributed by atoms with Crippen molar-refractivity contribution in [3.63, 3.8) is 0 Å². The molecule has 86 valence electrons. The molecule has 1 atom stereocenters. The van der Waals surface area contributed by atoms with E-state index in [0.717, 1.165) is 0 Å². The number of imide groups is 1. The van der Waals surface area contributed by atoms with Gasteiger partial charge in [-0.15, -0.1) is 0 Å². The predicted molar refractivity (Wildman–Crippen MR) is 52.3 cm³/mol. The number of carbonyl (C=O) groups excluding carboxylic acids is 2. The third-order valence-corrected chi connectivity index (χ3v) is 1.65. The highest BCUT2D eigenvalue weighted by Gasteiger charge is 2.10. The summed E-state index contributed by atoms with van der Waals surface area (Å²) in [6.07, 6.45) is 0.0467. The smallest absolute Gasteiger partial charge is 0.321 e. The molecule has 0 bridgehead atoms. The highest BCUT2D eigenvalue weighted by molar-refractivity contribution is 5.94. The maximum Gasteiger partial charge on any atom is 0.321 e. The van der Waals surface area contributed by atoms with Crippen molar-refractivity contribution >= 4 is 17.9 Å². The SMILES string of the molecule is CNC(=O)NC(=O)CCNC(C)C(=O)O. The molecule has 0 spiro atoms. The van der Waals surface area contributed by atoms with Crippen LogP contribution in [-0.4, -0.2) is 42.6 Å². The lowest BCUT2D eigenvalue weighted by Gasteiger charge is -2.08. The molecular formula is C8H15N3O4. The standard InChI is InChI=1S/C8H15N3O4/c1-5(7(13)14)10-4-3-6(12)11-8(15)9-2/h5,10H,3-4H2,1-2H3,(H,13,14)(H2,9,11,12,15). The van der Waals surface area contributed by atoms with Crippen molar-refractivity contribution < 1.29 is 19.5 Å². The lowest BCUT2D eigenvalue weighted by atomic mass is 10.3. The number of hydrogen-bond acceptors (Lipinski definition) is 4. The number of hydrogen-bond donors (Lipinski definition) is 4. The molecule has 0 radical (unpaired) electrons. The van der Waals surface area contributed by atoms with Gasteiger partial charge in [0.05, 0.1) is 0 Å². The van der Waals surface area contributed by atoms with Gasteiger partial charge in [0, 0.05) is 20.0 Å². The third kappa shape index (κ3) is 6.44. The maximum atomic E-state index is 11.0. The zero-order chi connectivity index (χ0) is 11.8. The van der Waals surface area contributed by atoms with E-state index in [9.17, 15) is 14.4 Å². The fourth-order valence-corrected chi connectivity index (χ4v) is 0.741. The highest BCUT2D eigenvalue weighted by Crippen LogP contribution is 1.83. The van der Waals surface area contributed by atoms with Crippen LogP contribution in [0.25, 0.3) is 0 Å². The molecule has 0 aromatic carbocycles. The third-order valence-electron chi connectivity index (χ3n) is 1.65. The van der Waals surface area contributed by atoms with Crippen LogP contribution < -0.4 is 16.0 Å². The Morgan fingerprint density at radius 1 is 1.33 bits per heavy atom. The van der Waals surface area contributed by atoms with Gasteiger partial charge in [-0.2, -0.15) is 0 Å². The van der Waals surface area contributed by atoms with Crippen LogP contribution in [0.5, 0.6) is 0 Å². The molecular weight excluding hydrogens is 202 g/mol. The minimum absolute atomic E-state index is 0.0467. The van der Waals surface area contributed by atoms with E-state index in [1.54, 1.807) is 0 Å². The van der Waals surface area contributed by atoms with E-state index in [1.165, 1.54) is 14.0 Å². The topological polar surface area (TPSA) is 108 Å². The Kier molecular flexibility index (Phi) is 6.03. The van der Waals surface area contributed by atoms with E-state index in [2.05, 4.69) is 16.0 Å². The molecule has 0 aliphatic carbocycles. The summed E-state index contributed by atoms with van der Waals surface area (Å²) in [6.45, 7) is 1.68. The van der Waals surface area contributed by atoms with E-state index >= 15 is 0 Å². The largest absolute Gasteiger partial charge is 0.480 e. The second-order valence-electron chi connectivity index (χ2n) is 2.89. The first-order chi connectivity index (χ1) is 6.97. The Hall–Kier alpha value is -1.63. The van der Waals surface area contributed by atoms with Crippen molar-refractivity contribution in [3.05, 3.63) is 0 Å². The Morgan fingerprint density at radius 2 is 1.93 bits per heavy atom. The zero-order valence-electron chi connectivity index (χ0n) is 8.66. The van der Waals surface area contributed by atoms with Gasteiger partial charge in [-0.3, -0.25) is 14.9 Å². The summed E-state index contributed by atoms with van der Waals surface area (Å²) in [5, 5.41) is 15.4. The van der Waals surface area contributed by atoms with Crippen molar-refractivity contribution in [1.82, 2.24) is 16.0 Å². The van der Waals surface area contributed by atoms with E-state index in [-0.39, 0.29) is 13.0 Å². The van der Waals surface area contributed by atoms with Crippen molar-refractivity contribution in [1.29, 1.82) is 0 Å². The first-order valence-electron chi connectivity index (χ1n) is 4.45. The van der Waals surface area contributed by atoms with E-state index in [0.29, 0.717) is 0 Å². The zero-order valence-corrected chi connectivity index (χ0v) is 8.66. The van der Waals surface area contributed by atoms with Gasteiger partial charge in [0.2, 0.25) is 5.91 Å². The van der Waals surface area contributed by atoms with Crippen LogP contribution in [-0.2, 0) is 9.59 Å². The molecule has 7 nitrogen and oxygen atoms in total. The molecule has 0 aliphatic heterocycles. The summed E-state index contributed by atoms with van der Waals surface area (Å²) in [4.78, 5) is 32.0. The van der Waals surface area contributed by atoms with Crippen LogP contribution in [0, 0.1) is 0 Å². The number of carboxylic acids is 1. The van der Waals surface area contributed by atoms with Crippen molar-refractivity contribution in [2.45, 2.75) is 19.4 Å². The van der Waals surface area contributed by atoms with Gasteiger partial charge < -0.3 is 15.7 Å². The molecule has 4 N–H and O–H groups in total. The first kappa shape index (κ1) is 13.4. The van der Waals surface area contributed by atoms with Gasteiger partial charge in [-0.1, -0.05) is 0 Å². The summed E-state index contributed by atoms with van der Waals surface area (Å²) in [7, 11) is 1.40. The minimum Gasteiger partial charge on any atom is -0.480 e. The molecule has 15 heavy (non-hydrogen) atoms. The summed E-state index contributed by atoms with van der Waals surface area (Å²) >= 11 is 0. The van der Waals surface area contributed by atoms with Gasteiger partial charge in [0.15, 0.2) is 0 Å². The second kappa shape index (κ2) is 6.77. The van der Waals surface area contributed by atoms with Crippen LogP contribution in [0.3, 0.4) is 0 Å². The summed E-state index contributed by atoms with van der Waals surface area (Å²) in [6, 6.07) is -1.29. The quantitative estimate of drug-likeness (QED) is 0.467. The second-order valence-corrected chi connectivity index (χ2v) is 2.89. The van der Waals surface area contributed by atoms with Crippen molar-refractivity contribution in [2.24, 2.45) is 0 Å². The molecule has 0 aromatic rings. The summed E-state index contributed by atoms with van der Waals surface area (Å²) in [5.74, 6) is -1.44. The van der Waals surface area contributed by atoms with E-state index in [4.69, 9.17) is 5.11 Å². The number of amides is 3. The van der Waals surface area contributed by atoms with Gasteiger partial charge >= 0.3 is 12.0 Å². The van der Waals surface area contributed by atoms with Crippen molar-refractivity contribution in [2.75, 3.05) is 13.6 Å². The van der Waals surface area contributed by atoms with Crippen LogP contribution >= 0.6 is 0 Å². The lowest BCUT2D eigenvalue weighted by Crippen LogP contribution is -2.40. The lowest BCUT2D eigenvalue weighted by molar-refractivity contribution is -0.139. The van der Waals surface area contributed by atoms with Gasteiger partial charge in [-0.25, -0.2) is 4.79 Å². The van der Waals surface area contributed by atoms with Crippen LogP contribution in [0.1, 0.15) is 13.3 Å². The van der Waals surface area contributed by atoms with Crippen LogP contribution in [0.2, 0.25) is 0 Å². The molecule has 0 rings (SSSR count). The fraction of sp³-hybridized carbons (Fsp3) is 0.625. The molecule has 0 aromatic heterocycles. The molecule has 0 saturated heterocycles. The Bertz CT molecular complexity index is 254. The monoisotopic (exact) mass is 217 g/mol. The number of nitrogens with one attached hydrogen (secondary N) is 3. The van der Waals surface area contributed by atoms with Crippen LogP contribution in [0.15, 0.2) is 0 Å². The molecule has 0 fully saturated rings. The first-order valence-corrected chi connectivity index (χ1v) is 4.45. The molecule has 0 heterocycles. The summed E-state index contributed by atoms with van der Waals surface area (Å²) in [5.41, 5.74) is 0. The van der Waals surface area contributed by atoms with Crippen LogP contribution in [0.4, 0.5) is 4.79 Å². The number of carbonyl (C=O) groups is 3. The van der Waals surface area contributed by atoms with Crippen molar-refractivity contribution in [3.8, 4) is 0 Å². The normalized spacial score (nSPS) is 11.6. The highest BCUT2D eigenvalue weighted by atomic mass is 16.4. The summed E-state index contributed by atoms with van der Waals surface area (Å²) < 4.78 is 0. The number of urea groups is 1. The Labute approximate surface area is 87.2 Å². The van der Waals surface area contributed by atoms with E-state index < -0.39 is 23.9 Å². The fourth-order valence-electron chi connectivity index (χ4n) is 0.741. The van der Waals surface area contributed by atoms with Gasteiger partial charge in [0.25, 0.3) is 0 Å². The predicted octanol–water partition coefficient (Wildman–Crippen LogP) is -1.11. The molecule has 7 heteroatoms. The number of carboxylic acid groups (broad SMARTS) is 1. The Morgan fingerprint density at radius 3 is 2.40 bits per heavy atom. The molecule has 0 aliphatic rings. The van der Waals surface area contributed by atoms with Gasteiger partial charge in [0.1, 0.15) is 6.04 Å². The molecule has 3 amide bonds.